The number of β-amino-alcohol motifs (C(OH)–C–C–N with tert-alkyl or cyclic N) is 1. The molecule has 0 saturated carbocycles. The maximum atomic E-state index is 12.5. The standard InChI is InChI=1S/C20H28N2O3/c23-18(13-7-5-6-9-16-15(11-13)19(24)21-16)12-22-17-10-4-2-1-3-8-14(17)20(22)25/h1-2,5,7,13-18,23H,3-4,6,8-12H2,(H,21,24)/b2-1+,7-5+. The number of β-lactam (4-membered cyclic amide) rings is 2. The number of hydrogen-bond acceptors (Lipinski definition) is 3. The molecular formula is C20H28N2O3. The number of likely N-dealkylation sites (tertiary alicyclic amines) is 1. The van der Waals surface area contributed by atoms with Gasteiger partial charge in [0.1, 0.15) is 0 Å². The summed E-state index contributed by atoms with van der Waals surface area (Å²) in [6.45, 7) is 0.401. The minimum Gasteiger partial charge on any atom is -0.391 e. The molecule has 0 spiro atoms. The number of amides is 2. The van der Waals surface area contributed by atoms with E-state index in [4.69, 9.17) is 0 Å². The minimum absolute atomic E-state index is 0.0240. The number of rotatable bonds is 3. The SMILES string of the molecule is O=C1NC2CC/C=C/C(C(O)CN3C(=O)C4CC/C=C/CCC43)CC12. The van der Waals surface area contributed by atoms with Gasteiger partial charge in [0.2, 0.25) is 11.8 Å². The first-order valence-corrected chi connectivity index (χ1v) is 9.75. The van der Waals surface area contributed by atoms with Crippen molar-refractivity contribution < 1.29 is 14.7 Å². The first kappa shape index (κ1) is 16.8. The lowest BCUT2D eigenvalue weighted by atomic mass is 9.76. The van der Waals surface area contributed by atoms with Gasteiger partial charge in [-0.2, -0.15) is 0 Å². The summed E-state index contributed by atoms with van der Waals surface area (Å²) in [4.78, 5) is 26.2. The number of nitrogens with zero attached hydrogens (tertiary/aromatic N) is 1. The van der Waals surface area contributed by atoms with Crippen LogP contribution >= 0.6 is 0 Å². The lowest BCUT2D eigenvalue weighted by Crippen LogP contribution is -2.63. The van der Waals surface area contributed by atoms with Crippen molar-refractivity contribution in [3.05, 3.63) is 24.3 Å². The van der Waals surface area contributed by atoms with Crippen LogP contribution in [0.25, 0.3) is 0 Å². The Labute approximate surface area is 149 Å². The van der Waals surface area contributed by atoms with Crippen LogP contribution < -0.4 is 5.32 Å². The molecule has 2 aliphatic carbocycles. The van der Waals surface area contributed by atoms with Crippen LogP contribution in [-0.4, -0.2) is 46.6 Å². The van der Waals surface area contributed by atoms with E-state index >= 15 is 0 Å². The second-order valence-corrected chi connectivity index (χ2v) is 7.98. The van der Waals surface area contributed by atoms with E-state index in [-0.39, 0.29) is 41.7 Å². The number of carbonyl (C=O) groups is 2. The first-order valence-electron chi connectivity index (χ1n) is 9.75. The lowest BCUT2D eigenvalue weighted by molar-refractivity contribution is -0.161. The number of aliphatic hydroxyl groups excluding tert-OH is 1. The summed E-state index contributed by atoms with van der Waals surface area (Å²) in [5, 5.41) is 13.8. The molecule has 0 radical (unpaired) electrons. The van der Waals surface area contributed by atoms with Crippen LogP contribution in [0.1, 0.15) is 44.9 Å². The van der Waals surface area contributed by atoms with E-state index in [1.807, 2.05) is 4.90 Å². The smallest absolute Gasteiger partial charge is 0.228 e. The zero-order valence-electron chi connectivity index (χ0n) is 14.6. The van der Waals surface area contributed by atoms with Gasteiger partial charge in [0, 0.05) is 24.5 Å². The molecular weight excluding hydrogens is 316 g/mol. The van der Waals surface area contributed by atoms with Crippen molar-refractivity contribution in [3.8, 4) is 0 Å². The predicted octanol–water partition coefficient (Wildman–Crippen LogP) is 1.78. The van der Waals surface area contributed by atoms with Crippen molar-refractivity contribution in [2.24, 2.45) is 17.8 Å². The Morgan fingerprint density at radius 2 is 1.84 bits per heavy atom. The largest absolute Gasteiger partial charge is 0.391 e. The molecule has 0 aromatic carbocycles. The van der Waals surface area contributed by atoms with Crippen molar-refractivity contribution in [2.75, 3.05) is 6.54 Å². The summed E-state index contributed by atoms with van der Waals surface area (Å²) in [7, 11) is 0. The van der Waals surface area contributed by atoms with Gasteiger partial charge in [0.25, 0.3) is 0 Å². The van der Waals surface area contributed by atoms with E-state index in [0.717, 1.165) is 38.5 Å². The molecule has 0 aromatic heterocycles. The van der Waals surface area contributed by atoms with Crippen LogP contribution in [0.5, 0.6) is 0 Å². The van der Waals surface area contributed by atoms with Crippen molar-refractivity contribution in [2.45, 2.75) is 63.1 Å². The number of aliphatic hydroxyl groups is 1. The zero-order chi connectivity index (χ0) is 17.4. The van der Waals surface area contributed by atoms with E-state index in [9.17, 15) is 14.7 Å². The Morgan fingerprint density at radius 1 is 1.08 bits per heavy atom. The molecule has 4 rings (SSSR count). The Kier molecular flexibility index (Phi) is 4.67. The number of carbonyl (C=O) groups excluding carboxylic acids is 2. The fraction of sp³-hybridized carbons (Fsp3) is 0.700. The van der Waals surface area contributed by atoms with Crippen LogP contribution in [-0.2, 0) is 9.59 Å². The van der Waals surface area contributed by atoms with Crippen molar-refractivity contribution >= 4 is 11.8 Å². The van der Waals surface area contributed by atoms with Gasteiger partial charge in [-0.3, -0.25) is 9.59 Å². The molecule has 0 aromatic rings. The van der Waals surface area contributed by atoms with Gasteiger partial charge in [0.15, 0.2) is 0 Å². The Hall–Kier alpha value is -1.62. The second kappa shape index (κ2) is 6.94. The molecule has 0 bridgehead atoms. The number of nitrogens with one attached hydrogen (secondary N) is 1. The third-order valence-corrected chi connectivity index (χ3v) is 6.49. The quantitative estimate of drug-likeness (QED) is 0.606. The van der Waals surface area contributed by atoms with Gasteiger partial charge in [0.05, 0.1) is 17.9 Å². The highest BCUT2D eigenvalue weighted by Gasteiger charge is 2.47. The highest BCUT2D eigenvalue weighted by molar-refractivity contribution is 5.86. The average Bonchev–Trinajstić information content (AvgIpc) is 2.56. The molecule has 5 nitrogen and oxygen atoms in total. The van der Waals surface area contributed by atoms with Gasteiger partial charge in [-0.05, 0) is 44.9 Å². The molecule has 2 aliphatic heterocycles. The third-order valence-electron chi connectivity index (χ3n) is 6.49. The van der Waals surface area contributed by atoms with E-state index in [1.54, 1.807) is 0 Å². The van der Waals surface area contributed by atoms with Crippen LogP contribution in [0.3, 0.4) is 0 Å². The first-order chi connectivity index (χ1) is 12.1. The van der Waals surface area contributed by atoms with Gasteiger partial charge in [-0.15, -0.1) is 0 Å². The molecule has 2 fully saturated rings. The topological polar surface area (TPSA) is 69.6 Å². The molecule has 5 heteroatoms. The monoisotopic (exact) mass is 344 g/mol. The van der Waals surface area contributed by atoms with E-state index in [2.05, 4.69) is 29.6 Å². The Balaban J connectivity index is 1.39. The van der Waals surface area contributed by atoms with Crippen LogP contribution in [0.15, 0.2) is 24.3 Å². The van der Waals surface area contributed by atoms with Crippen molar-refractivity contribution in [1.29, 1.82) is 0 Å². The molecule has 6 unspecified atom stereocenters. The molecule has 4 aliphatic rings. The molecule has 6 atom stereocenters. The fourth-order valence-corrected chi connectivity index (χ4v) is 4.92. The van der Waals surface area contributed by atoms with Crippen molar-refractivity contribution in [1.82, 2.24) is 10.2 Å². The lowest BCUT2D eigenvalue weighted by Gasteiger charge is -2.49. The van der Waals surface area contributed by atoms with Crippen LogP contribution in [0.4, 0.5) is 0 Å². The summed E-state index contributed by atoms with van der Waals surface area (Å²) in [5.41, 5.74) is 0. The summed E-state index contributed by atoms with van der Waals surface area (Å²) in [6.07, 6.45) is 14.5. The summed E-state index contributed by atoms with van der Waals surface area (Å²) in [5.74, 6) is 0.444. The van der Waals surface area contributed by atoms with E-state index < -0.39 is 6.10 Å². The normalized spacial score (nSPS) is 41.3. The Morgan fingerprint density at radius 3 is 2.64 bits per heavy atom. The molecule has 136 valence electrons. The van der Waals surface area contributed by atoms with Crippen molar-refractivity contribution in [3.63, 3.8) is 0 Å². The van der Waals surface area contributed by atoms with Gasteiger partial charge in [-0.1, -0.05) is 24.3 Å². The maximum absolute atomic E-state index is 12.5. The highest BCUT2D eigenvalue weighted by atomic mass is 16.3. The summed E-state index contributed by atoms with van der Waals surface area (Å²) >= 11 is 0. The molecule has 2 saturated heterocycles. The second-order valence-electron chi connectivity index (χ2n) is 7.98. The highest BCUT2D eigenvalue weighted by Crippen LogP contribution is 2.37. The third kappa shape index (κ3) is 3.14. The molecule has 2 N–H and O–H groups in total. The fourth-order valence-electron chi connectivity index (χ4n) is 4.92. The molecule has 2 heterocycles. The number of hydrogen-bond donors (Lipinski definition) is 2. The van der Waals surface area contributed by atoms with Gasteiger partial charge in [-0.25, -0.2) is 0 Å². The van der Waals surface area contributed by atoms with Gasteiger partial charge < -0.3 is 15.3 Å². The predicted molar refractivity (Wildman–Crippen MR) is 94.5 cm³/mol. The zero-order valence-corrected chi connectivity index (χ0v) is 14.6. The Bertz CT molecular complexity index is 600. The van der Waals surface area contributed by atoms with E-state index in [0.29, 0.717) is 13.0 Å². The minimum atomic E-state index is -0.589. The molecule has 2 amide bonds. The summed E-state index contributed by atoms with van der Waals surface area (Å²) in [6, 6.07) is 0.545. The summed E-state index contributed by atoms with van der Waals surface area (Å²) < 4.78 is 0. The number of fused-ring (bicyclic) bond motifs is 2. The average molecular weight is 344 g/mol. The van der Waals surface area contributed by atoms with E-state index in [1.165, 1.54) is 0 Å². The van der Waals surface area contributed by atoms with Gasteiger partial charge >= 0.3 is 0 Å². The van der Waals surface area contributed by atoms with Crippen LogP contribution in [0, 0.1) is 17.8 Å². The molecule has 25 heavy (non-hydrogen) atoms. The number of allylic oxidation sites excluding steroid dienone is 3. The van der Waals surface area contributed by atoms with Crippen LogP contribution in [0.2, 0.25) is 0 Å². The maximum Gasteiger partial charge on any atom is 0.228 e.